The van der Waals surface area contributed by atoms with Crippen LogP contribution in [0.5, 0.6) is 0 Å². The van der Waals surface area contributed by atoms with E-state index < -0.39 is 0 Å². The minimum Gasteiger partial charge on any atom is -0.312 e. The van der Waals surface area contributed by atoms with Crippen LogP contribution in [-0.2, 0) is 0 Å². The Kier molecular flexibility index (Phi) is 6.65. The lowest BCUT2D eigenvalue weighted by Gasteiger charge is -2.36. The molecule has 1 rings (SSSR count). The number of nitrogens with zero attached hydrogens (tertiary/aromatic N) is 1. The summed E-state index contributed by atoms with van der Waals surface area (Å²) in [6.45, 7) is 15.3. The molecule has 18 heavy (non-hydrogen) atoms. The van der Waals surface area contributed by atoms with E-state index in [2.05, 4.69) is 44.8 Å². The molecule has 0 aromatic rings. The lowest BCUT2D eigenvalue weighted by Crippen LogP contribution is -2.49. The highest BCUT2D eigenvalue weighted by atomic mass is 15.2. The molecule has 0 saturated heterocycles. The first-order chi connectivity index (χ1) is 8.49. The van der Waals surface area contributed by atoms with Gasteiger partial charge in [-0.15, -0.1) is 0 Å². The third kappa shape index (κ3) is 5.71. The van der Waals surface area contributed by atoms with Crippen molar-refractivity contribution in [2.45, 2.75) is 78.8 Å². The Morgan fingerprint density at radius 2 is 1.83 bits per heavy atom. The average molecular weight is 254 g/mol. The van der Waals surface area contributed by atoms with Gasteiger partial charge in [0.15, 0.2) is 0 Å². The highest BCUT2D eigenvalue weighted by Gasteiger charge is 2.33. The summed E-state index contributed by atoms with van der Waals surface area (Å²) < 4.78 is 0. The van der Waals surface area contributed by atoms with Gasteiger partial charge in [0.2, 0.25) is 0 Å². The van der Waals surface area contributed by atoms with Crippen LogP contribution in [0.2, 0.25) is 0 Å². The molecule has 0 aliphatic heterocycles. The van der Waals surface area contributed by atoms with Gasteiger partial charge in [-0.05, 0) is 44.2 Å². The smallest absolute Gasteiger partial charge is 0.0243 e. The summed E-state index contributed by atoms with van der Waals surface area (Å²) >= 11 is 0. The summed E-state index contributed by atoms with van der Waals surface area (Å²) in [5, 5.41) is 3.76. The summed E-state index contributed by atoms with van der Waals surface area (Å²) in [6.07, 6.45) is 6.74. The van der Waals surface area contributed by atoms with Crippen molar-refractivity contribution in [3.8, 4) is 0 Å². The molecule has 1 aliphatic carbocycles. The molecule has 2 heteroatoms. The topological polar surface area (TPSA) is 15.3 Å². The van der Waals surface area contributed by atoms with Crippen molar-refractivity contribution in [1.82, 2.24) is 10.2 Å². The van der Waals surface area contributed by atoms with Crippen molar-refractivity contribution in [3.63, 3.8) is 0 Å². The summed E-state index contributed by atoms with van der Waals surface area (Å²) in [6, 6.07) is 1.51. The second kappa shape index (κ2) is 7.49. The fourth-order valence-corrected chi connectivity index (χ4v) is 2.42. The van der Waals surface area contributed by atoms with Gasteiger partial charge in [-0.25, -0.2) is 0 Å². The van der Waals surface area contributed by atoms with Crippen molar-refractivity contribution < 1.29 is 0 Å². The number of unbranched alkanes of at least 4 members (excludes halogenated alkanes) is 1. The Morgan fingerprint density at radius 3 is 2.28 bits per heavy atom. The van der Waals surface area contributed by atoms with Crippen molar-refractivity contribution in [2.75, 3.05) is 19.6 Å². The maximum absolute atomic E-state index is 3.76. The lowest BCUT2D eigenvalue weighted by molar-refractivity contribution is 0.165. The molecular formula is C16H34N2. The van der Waals surface area contributed by atoms with E-state index in [1.807, 2.05) is 0 Å². The first kappa shape index (κ1) is 16.0. The van der Waals surface area contributed by atoms with E-state index in [0.717, 1.165) is 12.6 Å². The van der Waals surface area contributed by atoms with E-state index in [0.29, 0.717) is 11.5 Å². The van der Waals surface area contributed by atoms with Gasteiger partial charge in [-0.3, -0.25) is 4.90 Å². The van der Waals surface area contributed by atoms with Gasteiger partial charge < -0.3 is 5.32 Å². The van der Waals surface area contributed by atoms with Crippen LogP contribution >= 0.6 is 0 Å². The van der Waals surface area contributed by atoms with Gasteiger partial charge in [0.25, 0.3) is 0 Å². The molecule has 0 aromatic heterocycles. The van der Waals surface area contributed by atoms with Crippen molar-refractivity contribution in [3.05, 3.63) is 0 Å². The number of nitrogens with one attached hydrogen (secondary N) is 1. The molecule has 2 nitrogen and oxygen atoms in total. The Labute approximate surface area is 115 Å². The minimum atomic E-state index is 0.356. The average Bonchev–Trinajstić information content (AvgIpc) is 3.10. The molecule has 1 N–H and O–H groups in total. The second-order valence-corrected chi connectivity index (χ2v) is 6.95. The van der Waals surface area contributed by atoms with Gasteiger partial charge >= 0.3 is 0 Å². The molecule has 108 valence electrons. The van der Waals surface area contributed by atoms with Crippen LogP contribution in [-0.4, -0.2) is 36.6 Å². The molecule has 0 bridgehead atoms. The maximum Gasteiger partial charge on any atom is 0.0243 e. The summed E-state index contributed by atoms with van der Waals surface area (Å²) in [7, 11) is 0. The SMILES string of the molecule is CCCCN(CC(NCCC)C(C)(C)C)C1CC1. The molecular weight excluding hydrogens is 220 g/mol. The Bertz CT molecular complexity index is 216. The van der Waals surface area contributed by atoms with Crippen molar-refractivity contribution >= 4 is 0 Å². The van der Waals surface area contributed by atoms with E-state index in [-0.39, 0.29) is 0 Å². The van der Waals surface area contributed by atoms with Crippen LogP contribution < -0.4 is 5.32 Å². The Balaban J connectivity index is 2.49. The fraction of sp³-hybridized carbons (Fsp3) is 1.00. The maximum atomic E-state index is 3.76. The van der Waals surface area contributed by atoms with Gasteiger partial charge in [0.1, 0.15) is 0 Å². The van der Waals surface area contributed by atoms with E-state index in [1.165, 1.54) is 45.2 Å². The number of hydrogen-bond donors (Lipinski definition) is 1. The quantitative estimate of drug-likeness (QED) is 0.675. The standard InChI is InChI=1S/C16H34N2/c1-6-8-12-18(14-9-10-14)13-15(16(3,4)5)17-11-7-2/h14-15,17H,6-13H2,1-5H3. The molecule has 1 atom stereocenters. The van der Waals surface area contributed by atoms with Crippen LogP contribution in [0.3, 0.4) is 0 Å². The fourth-order valence-electron chi connectivity index (χ4n) is 2.42. The highest BCUT2D eigenvalue weighted by Crippen LogP contribution is 2.29. The number of rotatable bonds is 9. The predicted octanol–water partition coefficient (Wildman–Crippen LogP) is 3.67. The molecule has 1 aliphatic rings. The zero-order valence-electron chi connectivity index (χ0n) is 13.3. The third-order valence-electron chi connectivity index (χ3n) is 3.97. The van der Waals surface area contributed by atoms with Crippen LogP contribution in [0.4, 0.5) is 0 Å². The molecule has 0 heterocycles. The minimum absolute atomic E-state index is 0.356. The Hall–Kier alpha value is -0.0800. The zero-order valence-corrected chi connectivity index (χ0v) is 13.3. The van der Waals surface area contributed by atoms with Gasteiger partial charge in [0, 0.05) is 18.6 Å². The van der Waals surface area contributed by atoms with Crippen LogP contribution in [0.1, 0.15) is 66.7 Å². The van der Waals surface area contributed by atoms with Crippen molar-refractivity contribution in [2.24, 2.45) is 5.41 Å². The largest absolute Gasteiger partial charge is 0.312 e. The van der Waals surface area contributed by atoms with Crippen LogP contribution in [0.25, 0.3) is 0 Å². The number of hydrogen-bond acceptors (Lipinski definition) is 2. The van der Waals surface area contributed by atoms with Crippen molar-refractivity contribution in [1.29, 1.82) is 0 Å². The monoisotopic (exact) mass is 254 g/mol. The summed E-state index contributed by atoms with van der Waals surface area (Å²) in [4.78, 5) is 2.74. The molecule has 1 saturated carbocycles. The molecule has 1 fully saturated rings. The first-order valence-electron chi connectivity index (χ1n) is 7.96. The summed E-state index contributed by atoms with van der Waals surface area (Å²) in [5.74, 6) is 0. The van der Waals surface area contributed by atoms with Gasteiger partial charge in [-0.1, -0.05) is 41.0 Å². The summed E-state index contributed by atoms with van der Waals surface area (Å²) in [5.41, 5.74) is 0.356. The van der Waals surface area contributed by atoms with E-state index in [1.54, 1.807) is 0 Å². The third-order valence-corrected chi connectivity index (χ3v) is 3.97. The molecule has 0 amide bonds. The first-order valence-corrected chi connectivity index (χ1v) is 7.96. The molecule has 1 unspecified atom stereocenters. The van der Waals surface area contributed by atoms with E-state index in [9.17, 15) is 0 Å². The zero-order chi connectivity index (χ0) is 13.6. The lowest BCUT2D eigenvalue weighted by atomic mass is 9.86. The van der Waals surface area contributed by atoms with Gasteiger partial charge in [-0.2, -0.15) is 0 Å². The predicted molar refractivity (Wildman–Crippen MR) is 81.0 cm³/mol. The molecule has 0 aromatic carbocycles. The van der Waals surface area contributed by atoms with E-state index in [4.69, 9.17) is 0 Å². The molecule has 0 radical (unpaired) electrons. The Morgan fingerprint density at radius 1 is 1.17 bits per heavy atom. The normalized spacial score (nSPS) is 18.3. The van der Waals surface area contributed by atoms with Crippen LogP contribution in [0, 0.1) is 5.41 Å². The second-order valence-electron chi connectivity index (χ2n) is 6.95. The van der Waals surface area contributed by atoms with Crippen LogP contribution in [0.15, 0.2) is 0 Å². The van der Waals surface area contributed by atoms with E-state index >= 15 is 0 Å². The molecule has 0 spiro atoms. The van der Waals surface area contributed by atoms with Gasteiger partial charge in [0.05, 0.1) is 0 Å². The highest BCUT2D eigenvalue weighted by molar-refractivity contribution is 4.90.